The molecule has 0 radical (unpaired) electrons. The summed E-state index contributed by atoms with van der Waals surface area (Å²) in [5, 5.41) is 2.09. The largest absolute Gasteiger partial charge is 0.376 e. The third-order valence-electron chi connectivity index (χ3n) is 2.01. The molecule has 1 rings (SSSR count). The Morgan fingerprint density at radius 2 is 2.21 bits per heavy atom. The van der Waals surface area contributed by atoms with Crippen molar-refractivity contribution in [3.05, 3.63) is 20.8 Å². The fourth-order valence-corrected chi connectivity index (χ4v) is 2.62. The monoisotopic (exact) mass is 276 g/mol. The molecule has 0 aliphatic heterocycles. The molecule has 0 saturated carbocycles. The standard InChI is InChI=1S/C11H17BrOS/c1-2-3-4-5-6-13-8-11-7-10(12)9-14-11/h7,9H,2-6,8H2,1H3. The molecule has 1 heterocycles. The summed E-state index contributed by atoms with van der Waals surface area (Å²) in [7, 11) is 0. The lowest BCUT2D eigenvalue weighted by molar-refractivity contribution is 0.119. The van der Waals surface area contributed by atoms with Gasteiger partial charge in [-0.15, -0.1) is 11.3 Å². The minimum atomic E-state index is 0.766. The van der Waals surface area contributed by atoms with Crippen LogP contribution in [0.25, 0.3) is 0 Å². The highest BCUT2D eigenvalue weighted by Gasteiger charge is 1.97. The summed E-state index contributed by atoms with van der Waals surface area (Å²) in [4.78, 5) is 1.30. The predicted octanol–water partition coefficient (Wildman–Crippen LogP) is 4.61. The van der Waals surface area contributed by atoms with Crippen molar-refractivity contribution in [2.24, 2.45) is 0 Å². The van der Waals surface area contributed by atoms with Gasteiger partial charge in [0.1, 0.15) is 0 Å². The first-order valence-electron chi connectivity index (χ1n) is 5.13. The second-order valence-electron chi connectivity index (χ2n) is 3.34. The lowest BCUT2D eigenvalue weighted by Gasteiger charge is -2.01. The van der Waals surface area contributed by atoms with Crippen molar-refractivity contribution in [1.29, 1.82) is 0 Å². The first kappa shape index (κ1) is 12.2. The summed E-state index contributed by atoms with van der Waals surface area (Å²) >= 11 is 5.18. The molecule has 0 amide bonds. The number of hydrogen-bond donors (Lipinski definition) is 0. The van der Waals surface area contributed by atoms with E-state index < -0.39 is 0 Å². The van der Waals surface area contributed by atoms with Crippen LogP contribution < -0.4 is 0 Å². The number of rotatable bonds is 7. The van der Waals surface area contributed by atoms with Gasteiger partial charge in [0.15, 0.2) is 0 Å². The van der Waals surface area contributed by atoms with Crippen molar-refractivity contribution in [2.45, 2.75) is 39.2 Å². The van der Waals surface area contributed by atoms with Gasteiger partial charge in [0.2, 0.25) is 0 Å². The number of halogens is 1. The van der Waals surface area contributed by atoms with Gasteiger partial charge in [0, 0.05) is 21.3 Å². The van der Waals surface area contributed by atoms with Gasteiger partial charge < -0.3 is 4.74 Å². The molecule has 1 nitrogen and oxygen atoms in total. The fourth-order valence-electron chi connectivity index (χ4n) is 1.23. The van der Waals surface area contributed by atoms with E-state index in [-0.39, 0.29) is 0 Å². The van der Waals surface area contributed by atoms with Crippen molar-refractivity contribution in [1.82, 2.24) is 0 Å². The molecule has 0 atom stereocenters. The van der Waals surface area contributed by atoms with E-state index in [0.29, 0.717) is 0 Å². The van der Waals surface area contributed by atoms with Crippen LogP contribution >= 0.6 is 27.3 Å². The maximum atomic E-state index is 5.57. The van der Waals surface area contributed by atoms with Gasteiger partial charge in [-0.05, 0) is 28.4 Å². The van der Waals surface area contributed by atoms with Crippen molar-refractivity contribution < 1.29 is 4.74 Å². The quantitative estimate of drug-likeness (QED) is 0.661. The van der Waals surface area contributed by atoms with E-state index in [4.69, 9.17) is 4.74 Å². The molecular weight excluding hydrogens is 260 g/mol. The molecule has 80 valence electrons. The van der Waals surface area contributed by atoms with E-state index in [1.54, 1.807) is 11.3 Å². The Morgan fingerprint density at radius 1 is 1.36 bits per heavy atom. The van der Waals surface area contributed by atoms with E-state index >= 15 is 0 Å². The molecule has 0 bridgehead atoms. The van der Waals surface area contributed by atoms with E-state index in [0.717, 1.165) is 17.7 Å². The second kappa shape index (κ2) is 7.43. The number of hydrogen-bond acceptors (Lipinski definition) is 2. The molecule has 0 N–H and O–H groups in total. The first-order chi connectivity index (χ1) is 6.83. The average Bonchev–Trinajstić information content (AvgIpc) is 2.58. The maximum Gasteiger partial charge on any atom is 0.0809 e. The predicted molar refractivity (Wildman–Crippen MR) is 65.8 cm³/mol. The van der Waals surface area contributed by atoms with E-state index in [1.165, 1.54) is 30.6 Å². The van der Waals surface area contributed by atoms with Gasteiger partial charge in [-0.2, -0.15) is 0 Å². The zero-order valence-corrected chi connectivity index (χ0v) is 11.0. The number of unbranched alkanes of at least 4 members (excludes halogenated alkanes) is 3. The molecule has 0 aliphatic carbocycles. The SMILES string of the molecule is CCCCCCOCc1cc(Br)cs1. The van der Waals surface area contributed by atoms with E-state index in [1.807, 2.05) is 0 Å². The van der Waals surface area contributed by atoms with Crippen LogP contribution in [0.1, 0.15) is 37.5 Å². The van der Waals surface area contributed by atoms with E-state index in [2.05, 4.69) is 34.3 Å². The number of ether oxygens (including phenoxy) is 1. The highest BCUT2D eigenvalue weighted by atomic mass is 79.9. The maximum absolute atomic E-state index is 5.57. The summed E-state index contributed by atoms with van der Waals surface area (Å²) in [6.45, 7) is 3.89. The Balaban J connectivity index is 1.99. The molecule has 0 saturated heterocycles. The van der Waals surface area contributed by atoms with Gasteiger partial charge >= 0.3 is 0 Å². The van der Waals surface area contributed by atoms with Crippen LogP contribution in [0.5, 0.6) is 0 Å². The molecule has 14 heavy (non-hydrogen) atoms. The van der Waals surface area contributed by atoms with Crippen LogP contribution in [0.4, 0.5) is 0 Å². The summed E-state index contributed by atoms with van der Waals surface area (Å²) in [5.74, 6) is 0. The van der Waals surface area contributed by atoms with Gasteiger partial charge in [-0.1, -0.05) is 26.2 Å². The van der Waals surface area contributed by atoms with Crippen LogP contribution in [0.3, 0.4) is 0 Å². The first-order valence-corrected chi connectivity index (χ1v) is 6.81. The lowest BCUT2D eigenvalue weighted by atomic mass is 10.2. The topological polar surface area (TPSA) is 9.23 Å². The number of thiophene rings is 1. The summed E-state index contributed by atoms with van der Waals surface area (Å²) in [6, 6.07) is 2.12. The fraction of sp³-hybridized carbons (Fsp3) is 0.636. The Bertz CT molecular complexity index is 247. The molecule has 1 aromatic rings. The lowest BCUT2D eigenvalue weighted by Crippen LogP contribution is -1.93. The normalized spacial score (nSPS) is 10.7. The molecule has 0 aromatic carbocycles. The Labute approximate surface area is 98.6 Å². The van der Waals surface area contributed by atoms with Crippen LogP contribution in [0, 0.1) is 0 Å². The highest BCUT2D eigenvalue weighted by Crippen LogP contribution is 2.20. The van der Waals surface area contributed by atoms with Crippen molar-refractivity contribution in [2.75, 3.05) is 6.61 Å². The molecule has 0 aliphatic rings. The van der Waals surface area contributed by atoms with Gasteiger partial charge in [-0.3, -0.25) is 0 Å². The summed E-state index contributed by atoms with van der Waals surface area (Å²) in [6.07, 6.45) is 5.11. The molecule has 1 aromatic heterocycles. The Morgan fingerprint density at radius 3 is 2.86 bits per heavy atom. The molecular formula is C11H17BrOS. The minimum absolute atomic E-state index is 0.766. The van der Waals surface area contributed by atoms with Crippen LogP contribution in [-0.2, 0) is 11.3 Å². The smallest absolute Gasteiger partial charge is 0.0809 e. The third-order valence-corrected chi connectivity index (χ3v) is 3.68. The third kappa shape index (κ3) is 5.13. The van der Waals surface area contributed by atoms with Crippen molar-refractivity contribution in [3.63, 3.8) is 0 Å². The highest BCUT2D eigenvalue weighted by molar-refractivity contribution is 9.10. The van der Waals surface area contributed by atoms with Gasteiger partial charge in [0.25, 0.3) is 0 Å². The van der Waals surface area contributed by atoms with Crippen LogP contribution in [0.2, 0.25) is 0 Å². The van der Waals surface area contributed by atoms with Crippen molar-refractivity contribution in [3.8, 4) is 0 Å². The summed E-state index contributed by atoms with van der Waals surface area (Å²) < 4.78 is 6.73. The minimum Gasteiger partial charge on any atom is -0.376 e. The molecule has 0 unspecified atom stereocenters. The van der Waals surface area contributed by atoms with E-state index in [9.17, 15) is 0 Å². The molecule has 3 heteroatoms. The molecule has 0 fully saturated rings. The Kier molecular flexibility index (Phi) is 6.48. The average molecular weight is 277 g/mol. The van der Waals surface area contributed by atoms with Crippen LogP contribution in [0.15, 0.2) is 15.9 Å². The molecule has 0 spiro atoms. The second-order valence-corrected chi connectivity index (χ2v) is 5.26. The van der Waals surface area contributed by atoms with Gasteiger partial charge in [0.05, 0.1) is 6.61 Å². The summed E-state index contributed by atoms with van der Waals surface area (Å²) in [5.41, 5.74) is 0. The zero-order chi connectivity index (χ0) is 10.2. The van der Waals surface area contributed by atoms with Crippen molar-refractivity contribution >= 4 is 27.3 Å². The van der Waals surface area contributed by atoms with Crippen LogP contribution in [-0.4, -0.2) is 6.61 Å². The zero-order valence-electron chi connectivity index (χ0n) is 8.59. The Hall–Kier alpha value is 0.140. The van der Waals surface area contributed by atoms with Gasteiger partial charge in [-0.25, -0.2) is 0 Å².